The van der Waals surface area contributed by atoms with Crippen LogP contribution in [0.15, 0.2) is 36.5 Å². The minimum absolute atomic E-state index is 0.0984. The third kappa shape index (κ3) is 4.07. The smallest absolute Gasteiger partial charge is 0.343 e. The first-order valence-corrected chi connectivity index (χ1v) is 8.27. The molecule has 0 bridgehead atoms. The minimum atomic E-state index is -0.556. The summed E-state index contributed by atoms with van der Waals surface area (Å²) in [5.74, 6) is 0.246. The van der Waals surface area contributed by atoms with Crippen molar-refractivity contribution in [3.8, 4) is 23.4 Å². The Kier molecular flexibility index (Phi) is 5.69. The van der Waals surface area contributed by atoms with Crippen LogP contribution in [-0.2, 0) is 9.47 Å². The van der Waals surface area contributed by atoms with Gasteiger partial charge in [0.15, 0.2) is 11.5 Å². The summed E-state index contributed by atoms with van der Waals surface area (Å²) in [4.78, 5) is 16.6. The van der Waals surface area contributed by atoms with E-state index in [4.69, 9.17) is 24.2 Å². The Morgan fingerprint density at radius 2 is 2.11 bits per heavy atom. The number of hydrogen-bond donors (Lipinski definition) is 0. The second kappa shape index (κ2) is 8.34. The third-order valence-corrected chi connectivity index (χ3v) is 4.09. The van der Waals surface area contributed by atoms with Crippen LogP contribution in [0.4, 0.5) is 0 Å². The molecule has 7 nitrogen and oxygen atoms in total. The quantitative estimate of drug-likeness (QED) is 0.750. The molecule has 0 atom stereocenters. The van der Waals surface area contributed by atoms with Gasteiger partial charge < -0.3 is 18.9 Å². The first-order chi connectivity index (χ1) is 13.2. The molecule has 0 fully saturated rings. The molecule has 1 aliphatic heterocycles. The number of rotatable bonds is 5. The van der Waals surface area contributed by atoms with Crippen LogP contribution in [0.2, 0.25) is 0 Å². The summed E-state index contributed by atoms with van der Waals surface area (Å²) >= 11 is 0. The molecule has 0 spiro atoms. The van der Waals surface area contributed by atoms with E-state index in [0.29, 0.717) is 30.3 Å². The zero-order valence-electron chi connectivity index (χ0n) is 15.0. The van der Waals surface area contributed by atoms with Crippen molar-refractivity contribution in [1.82, 2.24) is 4.98 Å². The molecule has 27 heavy (non-hydrogen) atoms. The van der Waals surface area contributed by atoms with Crippen molar-refractivity contribution < 1.29 is 23.7 Å². The number of esters is 1. The number of methoxy groups -OCH3 is 2. The lowest BCUT2D eigenvalue weighted by Gasteiger charge is -2.16. The molecule has 0 N–H and O–H groups in total. The van der Waals surface area contributed by atoms with E-state index in [0.717, 1.165) is 17.6 Å². The second-order valence-electron chi connectivity index (χ2n) is 5.70. The van der Waals surface area contributed by atoms with Crippen molar-refractivity contribution in [3.05, 3.63) is 53.2 Å². The fraction of sp³-hybridized carbons (Fsp3) is 0.250. The molecular weight excluding hydrogens is 348 g/mol. The van der Waals surface area contributed by atoms with Crippen molar-refractivity contribution in [2.45, 2.75) is 6.42 Å². The van der Waals surface area contributed by atoms with Crippen molar-refractivity contribution in [1.29, 1.82) is 5.26 Å². The van der Waals surface area contributed by atoms with Crippen molar-refractivity contribution >= 4 is 11.5 Å². The number of benzene rings is 1. The van der Waals surface area contributed by atoms with Gasteiger partial charge in [-0.3, -0.25) is 0 Å². The Bertz CT molecular complexity index is 930. The Morgan fingerprint density at radius 1 is 1.26 bits per heavy atom. The van der Waals surface area contributed by atoms with E-state index >= 15 is 0 Å². The van der Waals surface area contributed by atoms with E-state index in [-0.39, 0.29) is 11.4 Å². The summed E-state index contributed by atoms with van der Waals surface area (Å²) in [7, 11) is 2.77. The molecule has 0 amide bonds. The highest BCUT2D eigenvalue weighted by atomic mass is 16.5. The van der Waals surface area contributed by atoms with Gasteiger partial charge in [-0.15, -0.1) is 0 Å². The van der Waals surface area contributed by atoms with Crippen molar-refractivity contribution in [3.63, 3.8) is 0 Å². The normalized spacial score (nSPS) is 13.3. The number of nitrogens with zero attached hydrogens (tertiary/aromatic N) is 2. The first-order valence-electron chi connectivity index (χ1n) is 8.27. The number of hydrogen-bond acceptors (Lipinski definition) is 7. The molecule has 138 valence electrons. The van der Waals surface area contributed by atoms with Crippen LogP contribution in [0, 0.1) is 11.3 Å². The first kappa shape index (κ1) is 18.4. The number of nitriles is 1. The van der Waals surface area contributed by atoms with Gasteiger partial charge in [-0.25, -0.2) is 9.78 Å². The lowest BCUT2D eigenvalue weighted by atomic mass is 10.0. The zero-order chi connectivity index (χ0) is 19.2. The third-order valence-electron chi connectivity index (χ3n) is 4.09. The van der Waals surface area contributed by atoms with Crippen molar-refractivity contribution in [2.75, 3.05) is 27.4 Å². The minimum Gasteiger partial charge on any atom is -0.493 e. The van der Waals surface area contributed by atoms with Gasteiger partial charge in [-0.2, -0.15) is 5.26 Å². The van der Waals surface area contributed by atoms with Gasteiger partial charge in [0.2, 0.25) is 5.88 Å². The number of aromatic nitrogens is 1. The van der Waals surface area contributed by atoms with Gasteiger partial charge in [0.1, 0.15) is 5.56 Å². The maximum Gasteiger partial charge on any atom is 0.343 e. The summed E-state index contributed by atoms with van der Waals surface area (Å²) in [6.45, 7) is 1.16. The van der Waals surface area contributed by atoms with Crippen LogP contribution in [0.3, 0.4) is 0 Å². The lowest BCUT2D eigenvalue weighted by Crippen LogP contribution is -2.08. The predicted molar refractivity (Wildman–Crippen MR) is 96.8 cm³/mol. The molecule has 1 aromatic carbocycles. The van der Waals surface area contributed by atoms with E-state index in [1.54, 1.807) is 30.5 Å². The van der Waals surface area contributed by atoms with Crippen LogP contribution >= 0.6 is 0 Å². The highest BCUT2D eigenvalue weighted by molar-refractivity contribution is 5.93. The van der Waals surface area contributed by atoms with Gasteiger partial charge in [0.25, 0.3) is 0 Å². The molecule has 0 radical (unpaired) electrons. The molecule has 0 aliphatic carbocycles. The topological polar surface area (TPSA) is 90.7 Å². The van der Waals surface area contributed by atoms with Gasteiger partial charge >= 0.3 is 5.97 Å². The average Bonchev–Trinajstić information content (AvgIpc) is 2.74. The molecule has 0 saturated carbocycles. The Hall–Kier alpha value is -3.37. The van der Waals surface area contributed by atoms with Crippen LogP contribution < -0.4 is 9.47 Å². The number of pyridine rings is 1. The molecule has 0 saturated heterocycles. The van der Waals surface area contributed by atoms with Gasteiger partial charge in [0, 0.05) is 12.3 Å². The number of carbonyl (C=O) groups excluding carboxylic acids is 1. The van der Waals surface area contributed by atoms with Crippen LogP contribution in [0.1, 0.15) is 27.9 Å². The zero-order valence-corrected chi connectivity index (χ0v) is 15.0. The van der Waals surface area contributed by atoms with E-state index in [9.17, 15) is 4.79 Å². The van der Waals surface area contributed by atoms with Crippen LogP contribution in [0.25, 0.3) is 5.57 Å². The predicted octanol–water partition coefficient (Wildman–Crippen LogP) is 3.34. The average molecular weight is 366 g/mol. The summed E-state index contributed by atoms with van der Waals surface area (Å²) in [6, 6.07) is 8.47. The van der Waals surface area contributed by atoms with E-state index in [1.807, 2.05) is 12.1 Å². The van der Waals surface area contributed by atoms with E-state index in [1.165, 1.54) is 14.2 Å². The highest BCUT2D eigenvalue weighted by Gasteiger charge is 2.20. The number of carbonyl (C=O) groups is 1. The van der Waals surface area contributed by atoms with E-state index < -0.39 is 5.97 Å². The van der Waals surface area contributed by atoms with E-state index in [2.05, 4.69) is 4.98 Å². The summed E-state index contributed by atoms with van der Waals surface area (Å²) in [5.41, 5.74) is 2.51. The lowest BCUT2D eigenvalue weighted by molar-refractivity contribution is 0.0597. The standard InChI is InChI=1S/C20H18N2O5/c1-24-18-9-13(11-21)3-4-17(18)27-19-16(20(23)25-2)10-15(12-22-19)14-5-7-26-8-6-14/h3-5,9-10,12H,6-8H2,1-2H3. The Labute approximate surface area is 156 Å². The van der Waals surface area contributed by atoms with Crippen LogP contribution in [0.5, 0.6) is 17.4 Å². The highest BCUT2D eigenvalue weighted by Crippen LogP contribution is 2.34. The SMILES string of the molecule is COC(=O)c1cc(C2=CCOCC2)cnc1Oc1ccc(C#N)cc1OC. The second-order valence-corrected chi connectivity index (χ2v) is 5.70. The Balaban J connectivity index is 1.99. The summed E-state index contributed by atoms with van der Waals surface area (Å²) in [6.07, 6.45) is 4.35. The molecule has 1 aliphatic rings. The Morgan fingerprint density at radius 3 is 2.78 bits per heavy atom. The van der Waals surface area contributed by atoms with Crippen LogP contribution in [-0.4, -0.2) is 38.4 Å². The summed E-state index contributed by atoms with van der Waals surface area (Å²) < 4.78 is 21.3. The molecule has 3 rings (SSSR count). The molecule has 2 aromatic rings. The molecule has 0 unspecified atom stereocenters. The number of ether oxygens (including phenoxy) is 4. The van der Waals surface area contributed by atoms with Gasteiger partial charge in [-0.05, 0) is 35.8 Å². The van der Waals surface area contributed by atoms with Gasteiger partial charge in [0.05, 0.1) is 39.1 Å². The largest absolute Gasteiger partial charge is 0.493 e. The molecule has 7 heteroatoms. The molecule has 2 heterocycles. The van der Waals surface area contributed by atoms with Gasteiger partial charge in [-0.1, -0.05) is 6.08 Å². The monoisotopic (exact) mass is 366 g/mol. The van der Waals surface area contributed by atoms with Crippen molar-refractivity contribution in [2.24, 2.45) is 0 Å². The maximum atomic E-state index is 12.3. The fourth-order valence-electron chi connectivity index (χ4n) is 2.68. The fourth-order valence-corrected chi connectivity index (χ4v) is 2.68. The molecule has 1 aromatic heterocycles. The maximum absolute atomic E-state index is 12.3. The summed E-state index contributed by atoms with van der Waals surface area (Å²) in [5, 5.41) is 9.01. The molecular formula is C20H18N2O5.